The Morgan fingerprint density at radius 2 is 1.54 bits per heavy atom. The fourth-order valence-electron chi connectivity index (χ4n) is 3.58. The van der Waals surface area contributed by atoms with Crippen LogP contribution in [-0.2, 0) is 26.2 Å². The standard InChI is InChI=1S/C26H28ClN3O4S/c1-19-13-15-22(16-14-19)35(33,34)30(24-12-8-7-11-23(24)27)18-25(31)29(20(2)26(32)28-3)17-21-9-5-4-6-10-21/h4-16,20H,17-18H2,1-3H3,(H,28,32). The third kappa shape index (κ3) is 6.21. The lowest BCUT2D eigenvalue weighted by Gasteiger charge is -2.32. The third-order valence-corrected chi connectivity index (χ3v) is 7.71. The number of carbonyl (C=O) groups excluding carboxylic acids is 2. The second-order valence-electron chi connectivity index (χ2n) is 8.07. The van der Waals surface area contributed by atoms with Gasteiger partial charge in [0.15, 0.2) is 0 Å². The van der Waals surface area contributed by atoms with Crippen molar-refractivity contribution in [2.75, 3.05) is 17.9 Å². The number of para-hydroxylation sites is 1. The van der Waals surface area contributed by atoms with E-state index < -0.39 is 28.5 Å². The molecule has 0 heterocycles. The molecule has 0 bridgehead atoms. The van der Waals surface area contributed by atoms with Gasteiger partial charge in [-0.2, -0.15) is 0 Å². The van der Waals surface area contributed by atoms with E-state index in [-0.39, 0.29) is 28.1 Å². The second-order valence-corrected chi connectivity index (χ2v) is 10.3. The van der Waals surface area contributed by atoms with Crippen molar-refractivity contribution in [2.24, 2.45) is 0 Å². The molecule has 0 aliphatic heterocycles. The van der Waals surface area contributed by atoms with E-state index in [1.165, 1.54) is 24.1 Å². The molecule has 1 N–H and O–H groups in total. The van der Waals surface area contributed by atoms with Gasteiger partial charge in [-0.05, 0) is 43.7 Å². The highest BCUT2D eigenvalue weighted by molar-refractivity contribution is 7.92. The number of likely N-dealkylation sites (N-methyl/N-ethyl adjacent to an activating group) is 1. The van der Waals surface area contributed by atoms with Crippen molar-refractivity contribution in [3.63, 3.8) is 0 Å². The van der Waals surface area contributed by atoms with Crippen LogP contribution in [0.25, 0.3) is 0 Å². The number of carbonyl (C=O) groups is 2. The Labute approximate surface area is 211 Å². The summed E-state index contributed by atoms with van der Waals surface area (Å²) in [5, 5.41) is 2.74. The fraction of sp³-hybridized carbons (Fsp3) is 0.231. The normalized spacial score (nSPS) is 12.0. The molecule has 0 saturated carbocycles. The van der Waals surface area contributed by atoms with Crippen LogP contribution in [0.5, 0.6) is 0 Å². The number of anilines is 1. The highest BCUT2D eigenvalue weighted by Crippen LogP contribution is 2.30. The summed E-state index contributed by atoms with van der Waals surface area (Å²) in [6.07, 6.45) is 0. The lowest BCUT2D eigenvalue weighted by Crippen LogP contribution is -2.50. The van der Waals surface area contributed by atoms with Gasteiger partial charge in [0.25, 0.3) is 10.0 Å². The van der Waals surface area contributed by atoms with Crippen LogP contribution in [0.3, 0.4) is 0 Å². The van der Waals surface area contributed by atoms with Gasteiger partial charge in [-0.25, -0.2) is 8.42 Å². The summed E-state index contributed by atoms with van der Waals surface area (Å²) in [6, 6.07) is 21.2. The van der Waals surface area contributed by atoms with Gasteiger partial charge in [-0.15, -0.1) is 0 Å². The number of benzene rings is 3. The van der Waals surface area contributed by atoms with Gasteiger partial charge in [0.2, 0.25) is 11.8 Å². The predicted octanol–water partition coefficient (Wildman–Crippen LogP) is 4.01. The molecule has 1 unspecified atom stereocenters. The van der Waals surface area contributed by atoms with Gasteiger partial charge in [0, 0.05) is 13.6 Å². The van der Waals surface area contributed by atoms with Crippen molar-refractivity contribution in [3.05, 3.63) is 95.0 Å². The SMILES string of the molecule is CNC(=O)C(C)N(Cc1ccccc1)C(=O)CN(c1ccccc1Cl)S(=O)(=O)c1ccc(C)cc1. The molecule has 1 atom stereocenters. The minimum atomic E-state index is -4.15. The molecule has 3 rings (SSSR count). The number of amides is 2. The zero-order valence-corrected chi connectivity index (χ0v) is 21.4. The van der Waals surface area contributed by atoms with Crippen LogP contribution in [0, 0.1) is 6.92 Å². The summed E-state index contributed by atoms with van der Waals surface area (Å²) >= 11 is 6.37. The molecule has 184 valence electrons. The van der Waals surface area contributed by atoms with Gasteiger partial charge in [-0.3, -0.25) is 13.9 Å². The summed E-state index contributed by atoms with van der Waals surface area (Å²) in [5.41, 5.74) is 1.88. The van der Waals surface area contributed by atoms with Gasteiger partial charge >= 0.3 is 0 Å². The molecule has 35 heavy (non-hydrogen) atoms. The largest absolute Gasteiger partial charge is 0.357 e. The van der Waals surface area contributed by atoms with Crippen molar-refractivity contribution in [3.8, 4) is 0 Å². The van der Waals surface area contributed by atoms with E-state index in [1.807, 2.05) is 37.3 Å². The summed E-state index contributed by atoms with van der Waals surface area (Å²) < 4.78 is 28.4. The van der Waals surface area contributed by atoms with Gasteiger partial charge in [0.1, 0.15) is 12.6 Å². The van der Waals surface area contributed by atoms with Gasteiger partial charge in [0.05, 0.1) is 15.6 Å². The molecule has 7 nitrogen and oxygen atoms in total. The van der Waals surface area contributed by atoms with E-state index in [1.54, 1.807) is 43.3 Å². The first-order chi connectivity index (χ1) is 16.6. The summed E-state index contributed by atoms with van der Waals surface area (Å²) in [6.45, 7) is 3.06. The van der Waals surface area contributed by atoms with Crippen LogP contribution >= 0.6 is 11.6 Å². The highest BCUT2D eigenvalue weighted by Gasteiger charge is 2.33. The van der Waals surface area contributed by atoms with Crippen LogP contribution in [0.4, 0.5) is 5.69 Å². The first-order valence-corrected chi connectivity index (χ1v) is 12.9. The number of hydrogen-bond donors (Lipinski definition) is 1. The van der Waals surface area contributed by atoms with Crippen molar-refractivity contribution in [1.29, 1.82) is 0 Å². The lowest BCUT2D eigenvalue weighted by molar-refractivity contribution is -0.139. The topological polar surface area (TPSA) is 86.8 Å². The predicted molar refractivity (Wildman–Crippen MR) is 138 cm³/mol. The Kier molecular flexibility index (Phi) is 8.53. The summed E-state index contributed by atoms with van der Waals surface area (Å²) in [4.78, 5) is 27.5. The van der Waals surface area contributed by atoms with Gasteiger partial charge < -0.3 is 10.2 Å². The van der Waals surface area contributed by atoms with E-state index in [0.29, 0.717) is 0 Å². The van der Waals surface area contributed by atoms with Crippen LogP contribution in [-0.4, -0.2) is 44.8 Å². The Balaban J connectivity index is 2.04. The maximum atomic E-state index is 13.7. The Bertz CT molecular complexity index is 1280. The quantitative estimate of drug-likeness (QED) is 0.468. The number of hydrogen-bond acceptors (Lipinski definition) is 4. The smallest absolute Gasteiger partial charge is 0.264 e. The molecular weight excluding hydrogens is 486 g/mol. The molecule has 0 saturated heterocycles. The van der Waals surface area contributed by atoms with E-state index in [9.17, 15) is 18.0 Å². The molecule has 3 aromatic rings. The Morgan fingerprint density at radius 1 is 0.943 bits per heavy atom. The first-order valence-electron chi connectivity index (χ1n) is 11.0. The second kappa shape index (κ2) is 11.4. The highest BCUT2D eigenvalue weighted by atomic mass is 35.5. The molecule has 0 spiro atoms. The summed E-state index contributed by atoms with van der Waals surface area (Å²) in [5.74, 6) is -0.902. The van der Waals surface area contributed by atoms with Crippen molar-refractivity contribution in [1.82, 2.24) is 10.2 Å². The van der Waals surface area contributed by atoms with Crippen LogP contribution in [0.1, 0.15) is 18.1 Å². The number of rotatable bonds is 9. The molecule has 0 radical (unpaired) electrons. The third-order valence-electron chi connectivity index (χ3n) is 5.62. The molecule has 9 heteroatoms. The fourth-order valence-corrected chi connectivity index (χ4v) is 5.30. The number of aryl methyl sites for hydroxylation is 1. The molecule has 0 aromatic heterocycles. The average molecular weight is 514 g/mol. The minimum absolute atomic E-state index is 0.0322. The maximum absolute atomic E-state index is 13.7. The summed E-state index contributed by atoms with van der Waals surface area (Å²) in [7, 11) is -2.66. The maximum Gasteiger partial charge on any atom is 0.264 e. The number of sulfonamides is 1. The monoisotopic (exact) mass is 513 g/mol. The zero-order valence-electron chi connectivity index (χ0n) is 19.8. The zero-order chi connectivity index (χ0) is 25.6. The Morgan fingerprint density at radius 3 is 2.14 bits per heavy atom. The molecule has 3 aromatic carbocycles. The number of halogens is 1. The number of nitrogens with zero attached hydrogens (tertiary/aromatic N) is 2. The van der Waals surface area contributed by atoms with E-state index in [4.69, 9.17) is 11.6 Å². The average Bonchev–Trinajstić information content (AvgIpc) is 2.86. The van der Waals surface area contributed by atoms with Crippen molar-refractivity contribution in [2.45, 2.75) is 31.3 Å². The van der Waals surface area contributed by atoms with Crippen LogP contribution in [0.2, 0.25) is 5.02 Å². The van der Waals surface area contributed by atoms with Crippen LogP contribution in [0.15, 0.2) is 83.8 Å². The number of nitrogens with one attached hydrogen (secondary N) is 1. The van der Waals surface area contributed by atoms with E-state index in [0.717, 1.165) is 15.4 Å². The van der Waals surface area contributed by atoms with Gasteiger partial charge in [-0.1, -0.05) is 71.8 Å². The molecule has 0 fully saturated rings. The van der Waals surface area contributed by atoms with E-state index in [2.05, 4.69) is 5.32 Å². The molecule has 0 aliphatic carbocycles. The first kappa shape index (κ1) is 26.2. The van der Waals surface area contributed by atoms with Crippen molar-refractivity contribution < 1.29 is 18.0 Å². The van der Waals surface area contributed by atoms with E-state index >= 15 is 0 Å². The molecule has 0 aliphatic rings. The lowest BCUT2D eigenvalue weighted by atomic mass is 10.1. The molecular formula is C26H28ClN3O4S. The molecule has 2 amide bonds. The van der Waals surface area contributed by atoms with Crippen molar-refractivity contribution >= 4 is 39.1 Å². The Hall–Kier alpha value is -3.36. The minimum Gasteiger partial charge on any atom is -0.357 e. The van der Waals surface area contributed by atoms with Crippen LogP contribution < -0.4 is 9.62 Å².